The molecule has 2 heterocycles. The van der Waals surface area contributed by atoms with Crippen LogP contribution in [0.5, 0.6) is 11.5 Å². The fourth-order valence-electron chi connectivity index (χ4n) is 7.98. The fourth-order valence-corrected chi connectivity index (χ4v) is 7.98. The summed E-state index contributed by atoms with van der Waals surface area (Å²) in [7, 11) is 1.75. The number of nitro groups is 1. The molecule has 6 rings (SSSR count). The van der Waals surface area contributed by atoms with Crippen LogP contribution in [0.25, 0.3) is 6.08 Å². The van der Waals surface area contributed by atoms with E-state index in [-0.39, 0.29) is 28.7 Å². The summed E-state index contributed by atoms with van der Waals surface area (Å²) in [6.45, 7) is 7.14. The van der Waals surface area contributed by atoms with E-state index >= 15 is 0 Å². The molecule has 0 radical (unpaired) electrons. The van der Waals surface area contributed by atoms with Gasteiger partial charge in [-0.2, -0.15) is 0 Å². The van der Waals surface area contributed by atoms with Crippen molar-refractivity contribution in [3.05, 3.63) is 87.5 Å². The number of carbonyl (C=O) groups excluding carboxylic acids is 1. The minimum Gasteiger partial charge on any atom is -0.504 e. The number of hydrogen-bond acceptors (Lipinski definition) is 6. The van der Waals surface area contributed by atoms with E-state index in [2.05, 4.69) is 11.5 Å². The normalized spacial score (nSPS) is 30.9. The summed E-state index contributed by atoms with van der Waals surface area (Å²) in [4.78, 5) is 30.4. The van der Waals surface area contributed by atoms with Crippen molar-refractivity contribution in [2.75, 3.05) is 20.1 Å². The fraction of sp³-hybridized carbons (Fsp3) is 0.433. The maximum atomic E-state index is 13.4. The third-order valence-electron chi connectivity index (χ3n) is 9.54. The summed E-state index contributed by atoms with van der Waals surface area (Å²) >= 11 is 0. The number of carbonyl (C=O) groups is 1. The highest BCUT2D eigenvalue weighted by Gasteiger charge is 2.80. The molecule has 1 saturated heterocycles. The van der Waals surface area contributed by atoms with Gasteiger partial charge in [0.05, 0.1) is 12.1 Å². The second kappa shape index (κ2) is 8.70. The zero-order valence-corrected chi connectivity index (χ0v) is 21.8. The third kappa shape index (κ3) is 3.16. The van der Waals surface area contributed by atoms with Gasteiger partial charge in [0.25, 0.3) is 5.54 Å². The molecule has 0 unspecified atom stereocenters. The number of phenols is 1. The molecular formula is C30H33N3O5. The van der Waals surface area contributed by atoms with E-state index in [9.17, 15) is 20.0 Å². The highest BCUT2D eigenvalue weighted by atomic mass is 16.6. The van der Waals surface area contributed by atoms with Crippen LogP contribution in [-0.2, 0) is 16.6 Å². The molecule has 1 spiro atoms. The van der Waals surface area contributed by atoms with E-state index in [1.165, 1.54) is 0 Å². The van der Waals surface area contributed by atoms with Gasteiger partial charge in [-0.1, -0.05) is 42.0 Å². The lowest BCUT2D eigenvalue weighted by Gasteiger charge is -2.61. The average Bonchev–Trinajstić information content (AvgIpc) is 3.25. The Hall–Kier alpha value is -3.65. The van der Waals surface area contributed by atoms with Gasteiger partial charge in [-0.25, -0.2) is 0 Å². The number of nitrogens with zero attached hydrogens (tertiary/aromatic N) is 3. The van der Waals surface area contributed by atoms with E-state index in [1.54, 1.807) is 30.2 Å². The molecule has 2 bridgehead atoms. The molecule has 1 N–H and O–H groups in total. The van der Waals surface area contributed by atoms with Crippen molar-refractivity contribution in [2.45, 2.75) is 61.7 Å². The van der Waals surface area contributed by atoms with Gasteiger partial charge in [0.2, 0.25) is 5.91 Å². The first kappa shape index (κ1) is 24.7. The molecule has 2 aromatic carbocycles. The standard InChI is InChI=1S/C30H33N3O5/c1-4-15-32-16-14-29-26-21-9-10-23(34)27(26)38-28(29)22(12-13-30(29,33(36)37)24(32)18-21)31(3)25(35)11-8-20-7-5-6-19(2)17-20/h4-11,17,22,24,28,34H,1,12-16,18H2,2-3H3/t22-,24+,28-,29-,30+/m0/s1. The monoisotopic (exact) mass is 515 g/mol. The van der Waals surface area contributed by atoms with E-state index in [4.69, 9.17) is 4.74 Å². The summed E-state index contributed by atoms with van der Waals surface area (Å²) in [5.74, 6) is 0.183. The lowest BCUT2D eigenvalue weighted by atomic mass is 9.46. The van der Waals surface area contributed by atoms with E-state index in [0.717, 1.165) is 22.3 Å². The van der Waals surface area contributed by atoms with Crippen molar-refractivity contribution in [3.8, 4) is 11.5 Å². The number of aryl methyl sites for hydroxylation is 1. The summed E-state index contributed by atoms with van der Waals surface area (Å²) in [6.07, 6.45) is 6.35. The Labute approximate surface area is 222 Å². The molecule has 2 fully saturated rings. The summed E-state index contributed by atoms with van der Waals surface area (Å²) in [5.41, 5.74) is 1.61. The molecule has 2 aliphatic heterocycles. The highest BCUT2D eigenvalue weighted by Crippen LogP contribution is 2.66. The molecule has 4 aliphatic rings. The number of aromatic hydroxyl groups is 1. The van der Waals surface area contributed by atoms with Crippen LogP contribution in [0, 0.1) is 17.0 Å². The molecule has 198 valence electrons. The van der Waals surface area contributed by atoms with Crippen LogP contribution in [-0.4, -0.2) is 69.6 Å². The molecule has 2 aliphatic carbocycles. The Balaban J connectivity index is 1.43. The maximum Gasteiger partial charge on any atom is 0.251 e. The van der Waals surface area contributed by atoms with Gasteiger partial charge in [-0.15, -0.1) is 6.58 Å². The van der Waals surface area contributed by atoms with Gasteiger partial charge in [-0.3, -0.25) is 19.8 Å². The first-order valence-corrected chi connectivity index (χ1v) is 13.3. The van der Waals surface area contributed by atoms with Crippen molar-refractivity contribution < 1.29 is 19.6 Å². The van der Waals surface area contributed by atoms with E-state index in [0.29, 0.717) is 44.5 Å². The number of likely N-dealkylation sites (N-methyl/N-ethyl adjacent to an activating group) is 1. The first-order chi connectivity index (χ1) is 18.2. The van der Waals surface area contributed by atoms with Crippen LogP contribution in [0.4, 0.5) is 0 Å². The van der Waals surface area contributed by atoms with Crippen LogP contribution in [0.15, 0.2) is 55.1 Å². The quantitative estimate of drug-likeness (QED) is 0.272. The number of rotatable bonds is 6. The van der Waals surface area contributed by atoms with Crippen LogP contribution in [0.2, 0.25) is 0 Å². The lowest BCUT2D eigenvalue weighted by molar-refractivity contribution is -0.605. The molecule has 8 nitrogen and oxygen atoms in total. The Morgan fingerprint density at radius 2 is 2.16 bits per heavy atom. The molecular weight excluding hydrogens is 482 g/mol. The number of ether oxygens (including phenoxy) is 1. The molecule has 1 amide bonds. The second-order valence-corrected chi connectivity index (χ2v) is 11.2. The van der Waals surface area contributed by atoms with Gasteiger partial charge in [0, 0.05) is 43.1 Å². The largest absolute Gasteiger partial charge is 0.504 e. The summed E-state index contributed by atoms with van der Waals surface area (Å²) in [6, 6.07) is 10.7. The minimum absolute atomic E-state index is 0.00353. The van der Waals surface area contributed by atoms with Crippen molar-refractivity contribution >= 4 is 12.0 Å². The van der Waals surface area contributed by atoms with Crippen LogP contribution < -0.4 is 4.74 Å². The minimum atomic E-state index is -1.28. The van der Waals surface area contributed by atoms with Gasteiger partial charge in [0.1, 0.15) is 11.5 Å². The molecule has 2 aromatic rings. The van der Waals surface area contributed by atoms with Crippen molar-refractivity contribution in [3.63, 3.8) is 0 Å². The van der Waals surface area contributed by atoms with Crippen LogP contribution >= 0.6 is 0 Å². The first-order valence-electron chi connectivity index (χ1n) is 13.3. The van der Waals surface area contributed by atoms with Gasteiger partial charge in [0.15, 0.2) is 11.5 Å². The van der Waals surface area contributed by atoms with Gasteiger partial charge < -0.3 is 14.7 Å². The zero-order valence-electron chi connectivity index (χ0n) is 21.8. The Kier molecular flexibility index (Phi) is 5.65. The molecule has 5 atom stereocenters. The predicted octanol–water partition coefficient (Wildman–Crippen LogP) is 3.87. The van der Waals surface area contributed by atoms with Crippen molar-refractivity contribution in [1.29, 1.82) is 0 Å². The second-order valence-electron chi connectivity index (χ2n) is 11.2. The maximum absolute atomic E-state index is 13.4. The SMILES string of the molecule is C=CCN1CC[C@]23c4c5ccc(O)c4O[C@H]2[C@@H](N(C)C(=O)C=Cc2cccc(C)c2)CC[C@@]3([N+](=O)[O-])[C@H]1C5. The summed E-state index contributed by atoms with van der Waals surface area (Å²) < 4.78 is 6.53. The highest BCUT2D eigenvalue weighted by molar-refractivity contribution is 5.92. The van der Waals surface area contributed by atoms with Crippen molar-refractivity contribution in [1.82, 2.24) is 9.80 Å². The number of phenolic OH excluding ortho intramolecular Hbond substituents is 1. The molecule has 1 saturated carbocycles. The molecule has 8 heteroatoms. The smallest absolute Gasteiger partial charge is 0.251 e. The number of likely N-dealkylation sites (tertiary alicyclic amines) is 1. The summed E-state index contributed by atoms with van der Waals surface area (Å²) in [5, 5.41) is 24.0. The molecule has 0 aromatic heterocycles. The van der Waals surface area contributed by atoms with Crippen LogP contribution in [0.3, 0.4) is 0 Å². The third-order valence-corrected chi connectivity index (χ3v) is 9.54. The Bertz CT molecular complexity index is 1370. The van der Waals surface area contributed by atoms with E-state index in [1.807, 2.05) is 43.3 Å². The van der Waals surface area contributed by atoms with E-state index < -0.39 is 17.1 Å². The number of benzene rings is 2. The topological polar surface area (TPSA) is 96.2 Å². The number of hydrogen-bond donors (Lipinski definition) is 1. The average molecular weight is 516 g/mol. The van der Waals surface area contributed by atoms with Gasteiger partial charge >= 0.3 is 0 Å². The molecule has 38 heavy (non-hydrogen) atoms. The lowest BCUT2D eigenvalue weighted by Crippen LogP contribution is -2.80. The van der Waals surface area contributed by atoms with Gasteiger partial charge in [-0.05, 0) is 49.5 Å². The number of piperidine rings is 1. The van der Waals surface area contributed by atoms with Crippen LogP contribution in [0.1, 0.15) is 41.5 Å². The Morgan fingerprint density at radius 1 is 1.34 bits per heavy atom. The van der Waals surface area contributed by atoms with Crippen molar-refractivity contribution in [2.24, 2.45) is 0 Å². The zero-order chi connectivity index (χ0) is 26.8. The Morgan fingerprint density at radius 3 is 2.89 bits per heavy atom. The predicted molar refractivity (Wildman–Crippen MR) is 144 cm³/mol. The number of amides is 1.